The number of nitrogens with two attached hydrogens (primary N) is 1. The highest BCUT2D eigenvalue weighted by atomic mass is 16.1. The fourth-order valence-corrected chi connectivity index (χ4v) is 3.52. The minimum Gasteiger partial charge on any atom is -0.338 e. The lowest BCUT2D eigenvalue weighted by molar-refractivity contribution is -0.117. The van der Waals surface area contributed by atoms with Crippen molar-refractivity contribution in [3.8, 4) is 6.07 Å². The molecule has 4 aromatic rings. The molecule has 0 spiro atoms. The summed E-state index contributed by atoms with van der Waals surface area (Å²) in [6, 6.07) is 24.5. The van der Waals surface area contributed by atoms with Gasteiger partial charge >= 0.3 is 0 Å². The van der Waals surface area contributed by atoms with Crippen LogP contribution in [0.3, 0.4) is 0 Å². The number of hydrogen-bond donors (Lipinski definition) is 4. The van der Waals surface area contributed by atoms with Gasteiger partial charge in [0.25, 0.3) is 0 Å². The van der Waals surface area contributed by atoms with Gasteiger partial charge in [0.05, 0.1) is 23.1 Å². The van der Waals surface area contributed by atoms with E-state index in [4.69, 9.17) is 11.0 Å². The Bertz CT molecular complexity index is 1240. The highest BCUT2D eigenvalue weighted by Crippen LogP contribution is 2.28. The van der Waals surface area contributed by atoms with Crippen molar-refractivity contribution in [2.75, 3.05) is 17.2 Å². The van der Waals surface area contributed by atoms with Gasteiger partial charge in [0.15, 0.2) is 5.82 Å². The van der Waals surface area contributed by atoms with Gasteiger partial charge in [-0.2, -0.15) is 10.4 Å². The van der Waals surface area contributed by atoms with Crippen LogP contribution >= 0.6 is 0 Å². The molecule has 1 atom stereocenters. The van der Waals surface area contributed by atoms with Gasteiger partial charge in [-0.05, 0) is 54.9 Å². The zero-order chi connectivity index (χ0) is 21.6. The van der Waals surface area contributed by atoms with Crippen molar-refractivity contribution in [1.29, 1.82) is 5.26 Å². The largest absolute Gasteiger partial charge is 0.338 e. The number of nitrogens with zero attached hydrogens (tertiary/aromatic N) is 2. The SMILES string of the molecule is N#Cc1cccc(Nc2n[nH]c3ccc(NC(=O)C(CCN)c4ccccc4)cc23)c1. The van der Waals surface area contributed by atoms with Crippen LogP contribution in [0.25, 0.3) is 10.9 Å². The lowest BCUT2D eigenvalue weighted by Gasteiger charge is -2.16. The molecule has 0 aliphatic heterocycles. The molecule has 1 amide bonds. The number of benzene rings is 3. The van der Waals surface area contributed by atoms with Gasteiger partial charge < -0.3 is 16.4 Å². The van der Waals surface area contributed by atoms with Crippen LogP contribution in [0.5, 0.6) is 0 Å². The predicted molar refractivity (Wildman–Crippen MR) is 122 cm³/mol. The number of aromatic amines is 1. The molecule has 1 unspecified atom stereocenters. The number of nitrogens with one attached hydrogen (secondary N) is 3. The molecular formula is C24H22N6O. The molecular weight excluding hydrogens is 388 g/mol. The van der Waals surface area contributed by atoms with E-state index in [9.17, 15) is 4.79 Å². The lowest BCUT2D eigenvalue weighted by Crippen LogP contribution is -2.23. The Morgan fingerprint density at radius 1 is 1.06 bits per heavy atom. The normalized spacial score (nSPS) is 11.6. The van der Waals surface area contributed by atoms with Gasteiger partial charge in [0, 0.05) is 16.8 Å². The number of carbonyl (C=O) groups excluding carboxylic acids is 1. The van der Waals surface area contributed by atoms with Crippen molar-refractivity contribution >= 4 is 34.0 Å². The highest BCUT2D eigenvalue weighted by molar-refractivity contribution is 6.00. The van der Waals surface area contributed by atoms with Crippen molar-refractivity contribution in [2.24, 2.45) is 5.73 Å². The van der Waals surface area contributed by atoms with Gasteiger partial charge in [-0.1, -0.05) is 36.4 Å². The average Bonchev–Trinajstić information content (AvgIpc) is 3.20. The maximum absolute atomic E-state index is 13.0. The van der Waals surface area contributed by atoms with Gasteiger partial charge in [0.1, 0.15) is 0 Å². The summed E-state index contributed by atoms with van der Waals surface area (Å²) in [7, 11) is 0. The Labute approximate surface area is 179 Å². The smallest absolute Gasteiger partial charge is 0.231 e. The molecule has 0 aliphatic rings. The number of rotatable bonds is 7. The van der Waals surface area contributed by atoms with Crippen molar-refractivity contribution in [3.05, 3.63) is 83.9 Å². The minimum atomic E-state index is -0.322. The molecule has 1 heterocycles. The summed E-state index contributed by atoms with van der Waals surface area (Å²) in [5.41, 5.74) is 9.51. The first-order valence-corrected chi connectivity index (χ1v) is 9.99. The monoisotopic (exact) mass is 410 g/mol. The Morgan fingerprint density at radius 2 is 1.90 bits per heavy atom. The maximum Gasteiger partial charge on any atom is 0.231 e. The van der Waals surface area contributed by atoms with Crippen LogP contribution in [0.1, 0.15) is 23.5 Å². The van der Waals surface area contributed by atoms with E-state index < -0.39 is 0 Å². The molecule has 7 heteroatoms. The Kier molecular flexibility index (Phi) is 5.92. The minimum absolute atomic E-state index is 0.101. The number of nitriles is 1. The predicted octanol–water partition coefficient (Wildman–Crippen LogP) is 4.25. The molecule has 31 heavy (non-hydrogen) atoms. The Hall–Kier alpha value is -4.15. The van der Waals surface area contributed by atoms with E-state index in [1.54, 1.807) is 12.1 Å². The molecule has 3 aromatic carbocycles. The van der Waals surface area contributed by atoms with Crippen molar-refractivity contribution < 1.29 is 4.79 Å². The van der Waals surface area contributed by atoms with Crippen LogP contribution in [0.2, 0.25) is 0 Å². The van der Waals surface area contributed by atoms with Crippen LogP contribution in [0.4, 0.5) is 17.2 Å². The zero-order valence-electron chi connectivity index (χ0n) is 16.8. The number of aromatic nitrogens is 2. The van der Waals surface area contributed by atoms with Crippen LogP contribution in [0, 0.1) is 11.3 Å². The topological polar surface area (TPSA) is 120 Å². The average molecular weight is 410 g/mol. The summed E-state index contributed by atoms with van der Waals surface area (Å²) in [5.74, 6) is 0.191. The fourth-order valence-electron chi connectivity index (χ4n) is 3.52. The zero-order valence-corrected chi connectivity index (χ0v) is 16.8. The Balaban J connectivity index is 1.58. The van der Waals surface area contributed by atoms with Gasteiger partial charge in [-0.15, -0.1) is 0 Å². The second kappa shape index (κ2) is 9.11. The first-order valence-electron chi connectivity index (χ1n) is 9.99. The van der Waals surface area contributed by atoms with E-state index >= 15 is 0 Å². The quantitative estimate of drug-likeness (QED) is 0.363. The number of H-pyrrole nitrogens is 1. The number of hydrogen-bond acceptors (Lipinski definition) is 5. The standard InChI is InChI=1S/C24H22N6O/c25-12-11-20(17-6-2-1-3-7-17)24(31)28-19-9-10-22-21(14-19)23(30-29-22)27-18-8-4-5-16(13-18)15-26/h1-10,13-14,20H,11-12,25H2,(H,28,31)(H2,27,29,30). The first kappa shape index (κ1) is 20.1. The summed E-state index contributed by atoms with van der Waals surface area (Å²) >= 11 is 0. The first-order chi connectivity index (χ1) is 15.2. The summed E-state index contributed by atoms with van der Waals surface area (Å²) in [5, 5.41) is 23.5. The summed E-state index contributed by atoms with van der Waals surface area (Å²) in [6.07, 6.45) is 0.561. The van der Waals surface area contributed by atoms with Crippen LogP contribution in [-0.4, -0.2) is 22.6 Å². The summed E-state index contributed by atoms with van der Waals surface area (Å²) < 4.78 is 0. The third-order valence-corrected chi connectivity index (χ3v) is 5.06. The molecule has 7 nitrogen and oxygen atoms in total. The van der Waals surface area contributed by atoms with E-state index in [0.717, 1.165) is 22.2 Å². The number of carbonyl (C=O) groups is 1. The third-order valence-electron chi connectivity index (χ3n) is 5.06. The van der Waals surface area contributed by atoms with Crippen LogP contribution < -0.4 is 16.4 Å². The maximum atomic E-state index is 13.0. The lowest BCUT2D eigenvalue weighted by atomic mass is 9.94. The molecule has 0 saturated heterocycles. The van der Waals surface area contributed by atoms with Crippen molar-refractivity contribution in [1.82, 2.24) is 10.2 Å². The highest BCUT2D eigenvalue weighted by Gasteiger charge is 2.20. The Morgan fingerprint density at radius 3 is 2.68 bits per heavy atom. The molecule has 0 aliphatic carbocycles. The molecule has 0 bridgehead atoms. The van der Waals surface area contributed by atoms with E-state index in [-0.39, 0.29) is 11.8 Å². The fraction of sp³-hybridized carbons (Fsp3) is 0.125. The molecule has 0 saturated carbocycles. The van der Waals surface area contributed by atoms with E-state index in [0.29, 0.717) is 30.0 Å². The van der Waals surface area contributed by atoms with E-state index in [2.05, 4.69) is 26.9 Å². The second-order valence-electron chi connectivity index (χ2n) is 7.18. The van der Waals surface area contributed by atoms with Crippen LogP contribution in [0.15, 0.2) is 72.8 Å². The number of amides is 1. The third kappa shape index (κ3) is 4.55. The van der Waals surface area contributed by atoms with E-state index in [1.165, 1.54) is 0 Å². The molecule has 4 rings (SSSR count). The van der Waals surface area contributed by atoms with Gasteiger partial charge in [0.2, 0.25) is 5.91 Å². The number of anilines is 3. The number of fused-ring (bicyclic) bond motifs is 1. The molecule has 1 aromatic heterocycles. The molecule has 0 fully saturated rings. The van der Waals surface area contributed by atoms with Crippen molar-refractivity contribution in [2.45, 2.75) is 12.3 Å². The molecule has 0 radical (unpaired) electrons. The second-order valence-corrected chi connectivity index (χ2v) is 7.18. The summed E-state index contributed by atoms with van der Waals surface area (Å²) in [6.45, 7) is 0.420. The van der Waals surface area contributed by atoms with Gasteiger partial charge in [-0.25, -0.2) is 0 Å². The molecule has 5 N–H and O–H groups in total. The van der Waals surface area contributed by atoms with Crippen LogP contribution in [-0.2, 0) is 4.79 Å². The van der Waals surface area contributed by atoms with E-state index in [1.807, 2.05) is 60.7 Å². The summed E-state index contributed by atoms with van der Waals surface area (Å²) in [4.78, 5) is 13.0. The molecule has 154 valence electrons. The van der Waals surface area contributed by atoms with Crippen molar-refractivity contribution in [3.63, 3.8) is 0 Å². The van der Waals surface area contributed by atoms with Gasteiger partial charge in [-0.3, -0.25) is 9.89 Å².